The van der Waals surface area contributed by atoms with Crippen molar-refractivity contribution in [1.29, 1.82) is 0 Å². The van der Waals surface area contributed by atoms with Crippen LogP contribution in [0, 0.1) is 0 Å². The standard InChI is InChI=1S/C18H24N2O5/c1-11(21)13-8-9-15(16(10-13)24-3)25-12(2)17(22)20-18(23)19-14-6-4-5-7-14/h8-10,12,14H,4-7H2,1-3H3,(H2,19,20,22,23)/t12-/m1/s1. The maximum Gasteiger partial charge on any atom is 0.321 e. The lowest BCUT2D eigenvalue weighted by Gasteiger charge is -2.18. The number of benzene rings is 1. The predicted octanol–water partition coefficient (Wildman–Crippen LogP) is 2.43. The van der Waals surface area contributed by atoms with Gasteiger partial charge in [0, 0.05) is 11.6 Å². The molecule has 2 rings (SSSR count). The van der Waals surface area contributed by atoms with Crippen LogP contribution in [-0.2, 0) is 4.79 Å². The summed E-state index contributed by atoms with van der Waals surface area (Å²) < 4.78 is 10.8. The van der Waals surface area contributed by atoms with Gasteiger partial charge in [-0.05, 0) is 44.9 Å². The topological polar surface area (TPSA) is 93.7 Å². The largest absolute Gasteiger partial charge is 0.493 e. The summed E-state index contributed by atoms with van der Waals surface area (Å²) in [6.07, 6.45) is 3.16. The van der Waals surface area contributed by atoms with Gasteiger partial charge in [-0.1, -0.05) is 12.8 Å². The number of ether oxygens (including phenoxy) is 2. The van der Waals surface area contributed by atoms with Gasteiger partial charge in [-0.15, -0.1) is 0 Å². The maximum absolute atomic E-state index is 12.1. The fourth-order valence-electron chi connectivity index (χ4n) is 2.73. The van der Waals surface area contributed by atoms with E-state index in [1.165, 1.54) is 21.0 Å². The molecule has 2 N–H and O–H groups in total. The molecule has 1 saturated carbocycles. The Morgan fingerprint density at radius 3 is 2.44 bits per heavy atom. The first kappa shape index (κ1) is 18.8. The molecular formula is C18H24N2O5. The van der Waals surface area contributed by atoms with Crippen molar-refractivity contribution in [1.82, 2.24) is 10.6 Å². The van der Waals surface area contributed by atoms with Crippen LogP contribution < -0.4 is 20.1 Å². The van der Waals surface area contributed by atoms with Crippen molar-refractivity contribution in [3.05, 3.63) is 23.8 Å². The number of amides is 3. The van der Waals surface area contributed by atoms with Crippen molar-refractivity contribution >= 4 is 17.7 Å². The predicted molar refractivity (Wildman–Crippen MR) is 92.0 cm³/mol. The van der Waals surface area contributed by atoms with Gasteiger partial charge in [0.15, 0.2) is 23.4 Å². The molecule has 1 aromatic carbocycles. The second kappa shape index (κ2) is 8.50. The molecule has 1 aliphatic rings. The van der Waals surface area contributed by atoms with Crippen LogP contribution in [0.4, 0.5) is 4.79 Å². The van der Waals surface area contributed by atoms with Gasteiger partial charge in [-0.25, -0.2) is 4.79 Å². The summed E-state index contributed by atoms with van der Waals surface area (Å²) in [4.78, 5) is 35.4. The average molecular weight is 348 g/mol. The SMILES string of the molecule is COc1cc(C(C)=O)ccc1O[C@H](C)C(=O)NC(=O)NC1CCCC1. The lowest BCUT2D eigenvalue weighted by Crippen LogP contribution is -2.47. The van der Waals surface area contributed by atoms with E-state index >= 15 is 0 Å². The number of carbonyl (C=O) groups excluding carboxylic acids is 3. The Bertz CT molecular complexity index is 653. The lowest BCUT2D eigenvalue weighted by molar-refractivity contribution is -0.126. The van der Waals surface area contributed by atoms with E-state index in [0.29, 0.717) is 17.1 Å². The molecule has 0 heterocycles. The highest BCUT2D eigenvalue weighted by Gasteiger charge is 2.22. The number of imide groups is 1. The summed E-state index contributed by atoms with van der Waals surface area (Å²) in [6, 6.07) is 4.33. The Balaban J connectivity index is 1.93. The summed E-state index contributed by atoms with van der Waals surface area (Å²) in [5.41, 5.74) is 0.484. The minimum atomic E-state index is -0.897. The van der Waals surface area contributed by atoms with Crippen molar-refractivity contribution < 1.29 is 23.9 Å². The number of rotatable bonds is 6. The highest BCUT2D eigenvalue weighted by atomic mass is 16.5. The second-order valence-electron chi connectivity index (χ2n) is 6.13. The van der Waals surface area contributed by atoms with E-state index in [9.17, 15) is 14.4 Å². The summed E-state index contributed by atoms with van der Waals surface area (Å²) in [5.74, 6) is 0.0292. The fourth-order valence-corrected chi connectivity index (χ4v) is 2.73. The number of ketones is 1. The monoisotopic (exact) mass is 348 g/mol. The van der Waals surface area contributed by atoms with Crippen molar-refractivity contribution in [2.24, 2.45) is 0 Å². The van der Waals surface area contributed by atoms with Gasteiger partial charge in [0.1, 0.15) is 0 Å². The Hall–Kier alpha value is -2.57. The normalized spacial score (nSPS) is 15.3. The van der Waals surface area contributed by atoms with Crippen molar-refractivity contribution in [3.63, 3.8) is 0 Å². The summed E-state index contributed by atoms with van der Waals surface area (Å²) >= 11 is 0. The number of methoxy groups -OCH3 is 1. The van der Waals surface area contributed by atoms with E-state index in [-0.39, 0.29) is 11.8 Å². The summed E-state index contributed by atoms with van der Waals surface area (Å²) in [5, 5.41) is 5.07. The van der Waals surface area contributed by atoms with Crippen LogP contribution >= 0.6 is 0 Å². The minimum absolute atomic E-state index is 0.0979. The maximum atomic E-state index is 12.1. The number of Topliss-reactive ketones (excluding diaryl/α,β-unsaturated/α-hetero) is 1. The number of hydrogen-bond donors (Lipinski definition) is 2. The van der Waals surface area contributed by atoms with Gasteiger partial charge in [-0.3, -0.25) is 14.9 Å². The Morgan fingerprint density at radius 1 is 1.16 bits per heavy atom. The molecule has 0 spiro atoms. The molecule has 0 bridgehead atoms. The summed E-state index contributed by atoms with van der Waals surface area (Å²) in [7, 11) is 1.45. The first-order chi connectivity index (χ1) is 11.9. The van der Waals surface area contributed by atoms with Crippen molar-refractivity contribution in [2.75, 3.05) is 7.11 Å². The first-order valence-electron chi connectivity index (χ1n) is 8.37. The smallest absolute Gasteiger partial charge is 0.321 e. The number of hydrogen-bond acceptors (Lipinski definition) is 5. The van der Waals surface area contributed by atoms with Gasteiger partial charge in [0.2, 0.25) is 0 Å². The molecule has 1 aromatic rings. The molecule has 1 atom stereocenters. The van der Waals surface area contributed by atoms with Crippen LogP contribution in [0.2, 0.25) is 0 Å². The Kier molecular flexibility index (Phi) is 6.38. The van der Waals surface area contributed by atoms with Gasteiger partial charge in [0.05, 0.1) is 7.11 Å². The van der Waals surface area contributed by atoms with Crippen LogP contribution in [0.1, 0.15) is 49.9 Å². The lowest BCUT2D eigenvalue weighted by atomic mass is 10.1. The molecule has 7 heteroatoms. The molecular weight excluding hydrogens is 324 g/mol. The zero-order valence-corrected chi connectivity index (χ0v) is 14.8. The number of urea groups is 1. The van der Waals surface area contributed by atoms with Crippen LogP contribution in [0.15, 0.2) is 18.2 Å². The van der Waals surface area contributed by atoms with Crippen LogP contribution in [-0.4, -0.2) is 37.0 Å². The van der Waals surface area contributed by atoms with E-state index in [1.54, 1.807) is 18.2 Å². The van der Waals surface area contributed by atoms with E-state index in [4.69, 9.17) is 9.47 Å². The molecule has 1 fully saturated rings. The van der Waals surface area contributed by atoms with Crippen LogP contribution in [0.5, 0.6) is 11.5 Å². The van der Waals surface area contributed by atoms with E-state index in [0.717, 1.165) is 25.7 Å². The van der Waals surface area contributed by atoms with Gasteiger partial charge >= 0.3 is 6.03 Å². The molecule has 0 aliphatic heterocycles. The summed E-state index contributed by atoms with van der Waals surface area (Å²) in [6.45, 7) is 2.99. The van der Waals surface area contributed by atoms with E-state index in [2.05, 4.69) is 10.6 Å². The third kappa shape index (κ3) is 5.20. The number of nitrogens with one attached hydrogen (secondary N) is 2. The average Bonchev–Trinajstić information content (AvgIpc) is 3.07. The van der Waals surface area contributed by atoms with Crippen molar-refractivity contribution in [3.8, 4) is 11.5 Å². The van der Waals surface area contributed by atoms with Gasteiger partial charge in [-0.2, -0.15) is 0 Å². The van der Waals surface area contributed by atoms with Gasteiger partial charge < -0.3 is 14.8 Å². The minimum Gasteiger partial charge on any atom is -0.493 e. The molecule has 3 amide bonds. The molecule has 1 aliphatic carbocycles. The molecule has 0 unspecified atom stereocenters. The Morgan fingerprint density at radius 2 is 1.84 bits per heavy atom. The van der Waals surface area contributed by atoms with E-state index in [1.807, 2.05) is 0 Å². The van der Waals surface area contributed by atoms with Crippen LogP contribution in [0.3, 0.4) is 0 Å². The highest BCUT2D eigenvalue weighted by molar-refractivity contribution is 5.97. The fraction of sp³-hybridized carbons (Fsp3) is 0.500. The van der Waals surface area contributed by atoms with Crippen molar-refractivity contribution in [2.45, 2.75) is 51.7 Å². The van der Waals surface area contributed by atoms with Crippen LogP contribution in [0.25, 0.3) is 0 Å². The molecule has 136 valence electrons. The second-order valence-corrected chi connectivity index (χ2v) is 6.13. The quantitative estimate of drug-likeness (QED) is 0.770. The Labute approximate surface area is 147 Å². The first-order valence-corrected chi connectivity index (χ1v) is 8.37. The number of carbonyl (C=O) groups is 3. The molecule has 0 aromatic heterocycles. The molecule has 0 saturated heterocycles. The molecule has 25 heavy (non-hydrogen) atoms. The highest BCUT2D eigenvalue weighted by Crippen LogP contribution is 2.29. The third-order valence-corrected chi connectivity index (χ3v) is 4.17. The molecule has 7 nitrogen and oxygen atoms in total. The zero-order valence-electron chi connectivity index (χ0n) is 14.8. The third-order valence-electron chi connectivity index (χ3n) is 4.17. The molecule has 0 radical (unpaired) electrons. The zero-order chi connectivity index (χ0) is 18.4. The van der Waals surface area contributed by atoms with E-state index < -0.39 is 18.0 Å². The van der Waals surface area contributed by atoms with Gasteiger partial charge in [0.25, 0.3) is 5.91 Å².